The van der Waals surface area contributed by atoms with Crippen LogP contribution in [0.25, 0.3) is 0 Å². The van der Waals surface area contributed by atoms with Crippen molar-refractivity contribution in [2.75, 3.05) is 19.1 Å². The van der Waals surface area contributed by atoms with E-state index in [0.717, 1.165) is 24.0 Å². The van der Waals surface area contributed by atoms with Gasteiger partial charge in [-0.3, -0.25) is 19.3 Å². The Hall–Kier alpha value is -3.50. The summed E-state index contributed by atoms with van der Waals surface area (Å²) in [5, 5.41) is 2.61. The molecule has 16 heteroatoms. The highest BCUT2D eigenvalue weighted by atomic mass is 32.3. The summed E-state index contributed by atoms with van der Waals surface area (Å²) in [6, 6.07) is 5.48. The highest BCUT2D eigenvalue weighted by Gasteiger charge is 2.64. The van der Waals surface area contributed by atoms with E-state index in [2.05, 4.69) is 5.32 Å². The van der Waals surface area contributed by atoms with Crippen molar-refractivity contribution < 1.29 is 40.8 Å². The van der Waals surface area contributed by atoms with Gasteiger partial charge in [0.1, 0.15) is 17.7 Å². The average molecular weight is 666 g/mol. The van der Waals surface area contributed by atoms with Gasteiger partial charge < -0.3 is 20.7 Å². The van der Waals surface area contributed by atoms with Crippen molar-refractivity contribution in [2.24, 2.45) is 11.7 Å². The van der Waals surface area contributed by atoms with Crippen molar-refractivity contribution in [2.45, 2.75) is 81.8 Å². The summed E-state index contributed by atoms with van der Waals surface area (Å²) in [5.74, 6) is -3.30. The van der Waals surface area contributed by atoms with Crippen LogP contribution < -0.4 is 11.1 Å². The first-order valence-electron chi connectivity index (χ1n) is 14.9. The lowest BCUT2D eigenvalue weighted by Gasteiger charge is -2.29. The third kappa shape index (κ3) is 6.87. The first-order chi connectivity index (χ1) is 21.1. The van der Waals surface area contributed by atoms with E-state index in [1.807, 2.05) is 30.3 Å². The predicted molar refractivity (Wildman–Crippen MR) is 162 cm³/mol. The van der Waals surface area contributed by atoms with Gasteiger partial charge in [0.2, 0.25) is 31.9 Å². The molecule has 3 N–H and O–H groups in total. The minimum atomic E-state index is -4.57. The number of sulfonamides is 2. The van der Waals surface area contributed by atoms with E-state index in [4.69, 9.17) is 10.5 Å². The molecule has 0 spiro atoms. The third-order valence-corrected chi connectivity index (χ3v) is 12.0. The lowest BCUT2D eigenvalue weighted by atomic mass is 10.1. The molecule has 246 valence electrons. The number of benzene rings is 1. The molecule has 1 aromatic rings. The van der Waals surface area contributed by atoms with E-state index in [1.54, 1.807) is 6.08 Å². The molecule has 1 aromatic carbocycles. The second-order valence-electron chi connectivity index (χ2n) is 12.3. The van der Waals surface area contributed by atoms with Gasteiger partial charge in [-0.15, -0.1) is 3.71 Å². The number of amides is 4. The van der Waals surface area contributed by atoms with Gasteiger partial charge in [-0.1, -0.05) is 49.3 Å². The molecule has 45 heavy (non-hydrogen) atoms. The van der Waals surface area contributed by atoms with Crippen molar-refractivity contribution in [1.82, 2.24) is 18.8 Å². The molecule has 1 saturated carbocycles. The van der Waals surface area contributed by atoms with Crippen LogP contribution in [0.4, 0.5) is 4.79 Å². The number of rotatable bonds is 4. The molecular weight excluding hydrogens is 626 g/mol. The Morgan fingerprint density at radius 2 is 1.67 bits per heavy atom. The summed E-state index contributed by atoms with van der Waals surface area (Å²) >= 11 is 0. The summed E-state index contributed by atoms with van der Waals surface area (Å²) in [4.78, 5) is 57.0. The molecule has 0 unspecified atom stereocenters. The molecule has 14 nitrogen and oxygen atoms in total. The lowest BCUT2D eigenvalue weighted by Crippen LogP contribution is -2.58. The molecule has 4 aliphatic rings. The summed E-state index contributed by atoms with van der Waals surface area (Å²) in [6.45, 7) is 0.603. The summed E-state index contributed by atoms with van der Waals surface area (Å²) < 4.78 is 55.5. The van der Waals surface area contributed by atoms with E-state index in [-0.39, 0.29) is 23.1 Å². The topological polar surface area (TPSA) is 194 Å². The fraction of sp³-hybridized carbons (Fsp3) is 0.586. The number of carbonyl (C=O) groups excluding carboxylic acids is 4. The molecule has 0 aromatic heterocycles. The van der Waals surface area contributed by atoms with Crippen LogP contribution in [0.1, 0.15) is 56.1 Å². The summed E-state index contributed by atoms with van der Waals surface area (Å²) in [7, 11) is -9.15. The molecular formula is C29H39N5O9S2. The molecule has 0 radical (unpaired) electrons. The molecule has 3 heterocycles. The zero-order chi connectivity index (χ0) is 32.7. The van der Waals surface area contributed by atoms with Crippen LogP contribution in [0, 0.1) is 5.92 Å². The quantitative estimate of drug-likeness (QED) is 0.430. The van der Waals surface area contributed by atoms with Gasteiger partial charge in [-0.25, -0.2) is 21.6 Å². The number of nitrogens with zero attached hydrogens (tertiary/aromatic N) is 3. The lowest BCUT2D eigenvalue weighted by molar-refractivity contribution is -0.141. The van der Waals surface area contributed by atoms with Crippen molar-refractivity contribution in [1.29, 1.82) is 0 Å². The molecule has 2 fully saturated rings. The first-order valence-corrected chi connectivity index (χ1v) is 18.6. The molecule has 4 amide bonds. The standard InChI is InChI=1S/C29H39N5O9S2/c1-44(39,40)34(45(2,41)42)27(37)29-15-21(29)12-6-4-3-5-7-13-23(30)26(36)33-18-22(14-24(33)25(35)31-29)43-28(38)32-16-19-10-8-9-11-20(19)17-32/h6,8-12,21-24H,3-5,7,13-18,30H2,1-2H3,(H,31,35)/b12-6+/t21-,22-,23+,24+,29-/m1/s1. The number of hydrogen-bond acceptors (Lipinski definition) is 10. The van der Waals surface area contributed by atoms with Gasteiger partial charge in [-0.05, 0) is 36.8 Å². The molecule has 3 aliphatic heterocycles. The van der Waals surface area contributed by atoms with Crippen molar-refractivity contribution in [3.8, 4) is 0 Å². The van der Waals surface area contributed by atoms with Gasteiger partial charge in [0.15, 0.2) is 0 Å². The SMILES string of the molecule is CS(=O)(=O)N(C(=O)[C@@]12C[C@H]1/C=C/CCCCC[C@H](N)C(=O)N1C[C@H](OC(=O)N3Cc4ccccc4C3)C[C@H]1C(=O)N2)S(C)(=O)=O. The van der Waals surface area contributed by atoms with Crippen LogP contribution in [-0.2, 0) is 52.3 Å². The van der Waals surface area contributed by atoms with Crippen LogP contribution in [-0.4, -0.2) is 96.9 Å². The van der Waals surface area contributed by atoms with Crippen LogP contribution in [0.2, 0.25) is 0 Å². The molecule has 1 aliphatic carbocycles. The second-order valence-corrected chi connectivity index (χ2v) is 16.2. The van der Waals surface area contributed by atoms with Crippen molar-refractivity contribution in [3.05, 3.63) is 47.5 Å². The van der Waals surface area contributed by atoms with Gasteiger partial charge in [0.25, 0.3) is 5.91 Å². The molecule has 0 bridgehead atoms. The van der Waals surface area contributed by atoms with E-state index in [9.17, 15) is 36.0 Å². The van der Waals surface area contributed by atoms with Crippen LogP contribution >= 0.6 is 0 Å². The number of hydrogen-bond donors (Lipinski definition) is 2. The Bertz CT molecular complexity index is 1570. The highest BCUT2D eigenvalue weighted by molar-refractivity contribution is 8.04. The molecule has 1 saturated heterocycles. The maximum atomic E-state index is 13.9. The normalized spacial score (nSPS) is 29.8. The minimum Gasteiger partial charge on any atom is -0.444 e. The largest absolute Gasteiger partial charge is 0.444 e. The smallest absolute Gasteiger partial charge is 0.410 e. The zero-order valence-corrected chi connectivity index (χ0v) is 26.9. The maximum absolute atomic E-state index is 13.9. The summed E-state index contributed by atoms with van der Waals surface area (Å²) in [6.07, 6.45) is 6.31. The van der Waals surface area contributed by atoms with Gasteiger partial charge in [-0.2, -0.15) is 0 Å². The highest BCUT2D eigenvalue weighted by Crippen LogP contribution is 2.47. The second kappa shape index (κ2) is 12.4. The van der Waals surface area contributed by atoms with Gasteiger partial charge >= 0.3 is 6.09 Å². The Labute approximate surface area is 263 Å². The predicted octanol–water partition coefficient (Wildman–Crippen LogP) is 0.579. The van der Waals surface area contributed by atoms with E-state index in [1.165, 1.54) is 9.80 Å². The number of nitrogens with one attached hydrogen (secondary N) is 1. The van der Waals surface area contributed by atoms with E-state index < -0.39 is 73.5 Å². The van der Waals surface area contributed by atoms with Crippen LogP contribution in [0.3, 0.4) is 0 Å². The van der Waals surface area contributed by atoms with Crippen LogP contribution in [0.5, 0.6) is 0 Å². The molecule has 5 atom stereocenters. The van der Waals surface area contributed by atoms with Crippen LogP contribution in [0.15, 0.2) is 36.4 Å². The average Bonchev–Trinajstić information content (AvgIpc) is 3.27. The fourth-order valence-corrected chi connectivity index (χ4v) is 9.33. The Morgan fingerprint density at radius 3 is 2.29 bits per heavy atom. The van der Waals surface area contributed by atoms with Crippen molar-refractivity contribution >= 4 is 43.9 Å². The minimum absolute atomic E-state index is 0.0380. The first kappa shape index (κ1) is 32.9. The van der Waals surface area contributed by atoms with Gasteiger partial charge in [0.05, 0.1) is 25.1 Å². The number of carbonyl (C=O) groups is 4. The zero-order valence-electron chi connectivity index (χ0n) is 25.3. The molecule has 5 rings (SSSR count). The monoisotopic (exact) mass is 665 g/mol. The van der Waals surface area contributed by atoms with Crippen molar-refractivity contribution in [3.63, 3.8) is 0 Å². The number of ether oxygens (including phenoxy) is 1. The summed E-state index contributed by atoms with van der Waals surface area (Å²) in [5.41, 5.74) is 6.37. The fourth-order valence-electron chi connectivity index (χ4n) is 6.43. The number of nitrogens with two attached hydrogens (primary N) is 1. The van der Waals surface area contributed by atoms with E-state index >= 15 is 0 Å². The third-order valence-electron chi connectivity index (χ3n) is 8.80. The van der Waals surface area contributed by atoms with E-state index in [0.29, 0.717) is 44.9 Å². The number of fused-ring (bicyclic) bond motifs is 3. The Kier molecular flexibility index (Phi) is 9.03. The maximum Gasteiger partial charge on any atom is 0.410 e. The Balaban J connectivity index is 1.41. The Morgan fingerprint density at radius 1 is 1.02 bits per heavy atom. The number of allylic oxidation sites excluding steroid dienone is 1. The van der Waals surface area contributed by atoms with Gasteiger partial charge in [0, 0.05) is 25.4 Å².